The molecule has 0 aromatic carbocycles. The molecule has 0 aliphatic rings. The average molecular weight is 274 g/mol. The van der Waals surface area contributed by atoms with Gasteiger partial charge in [0.05, 0.1) is 11.4 Å². The highest BCUT2D eigenvalue weighted by Gasteiger charge is 2.16. The molecular weight excluding hydrogens is 260 g/mol. The number of aryl methyl sites for hydroxylation is 2. The first-order valence-corrected chi connectivity index (χ1v) is 6.81. The van der Waals surface area contributed by atoms with Crippen LogP contribution < -0.4 is 5.73 Å². The van der Waals surface area contributed by atoms with Crippen molar-refractivity contribution in [3.8, 4) is 0 Å². The molecule has 98 valence electrons. The zero-order valence-corrected chi connectivity index (χ0v) is 11.6. The second-order valence-corrected chi connectivity index (χ2v) is 5.11. The fourth-order valence-electron chi connectivity index (χ4n) is 1.94. The number of rotatable bonds is 3. The van der Waals surface area contributed by atoms with Gasteiger partial charge in [0.1, 0.15) is 5.03 Å². The van der Waals surface area contributed by atoms with Crippen LogP contribution in [-0.2, 0) is 13.5 Å². The normalized spacial score (nSPS) is 11.3. The van der Waals surface area contributed by atoms with E-state index in [1.54, 1.807) is 4.68 Å². The Morgan fingerprint density at radius 3 is 2.89 bits per heavy atom. The molecule has 0 aliphatic carbocycles. The van der Waals surface area contributed by atoms with Crippen LogP contribution in [0, 0.1) is 0 Å². The zero-order valence-electron chi connectivity index (χ0n) is 10.7. The maximum Gasteiger partial charge on any atom is 0.201 e. The van der Waals surface area contributed by atoms with E-state index in [4.69, 9.17) is 5.73 Å². The average Bonchev–Trinajstić information content (AvgIpc) is 2.95. The maximum atomic E-state index is 6.11. The second kappa shape index (κ2) is 4.58. The Kier molecular flexibility index (Phi) is 2.90. The minimum atomic E-state index is 0.725. The number of aromatic nitrogens is 5. The van der Waals surface area contributed by atoms with Gasteiger partial charge in [0, 0.05) is 13.2 Å². The van der Waals surface area contributed by atoms with Gasteiger partial charge in [-0.05, 0) is 30.3 Å². The molecule has 0 unspecified atom stereocenters. The van der Waals surface area contributed by atoms with Crippen LogP contribution in [0.2, 0.25) is 0 Å². The lowest BCUT2D eigenvalue weighted by atomic mass is 10.3. The fraction of sp³-hybridized carbons (Fsp3) is 0.250. The predicted octanol–water partition coefficient (Wildman–Crippen LogP) is 1.76. The number of nitrogens with two attached hydrogens (primary N) is 1. The Morgan fingerprint density at radius 2 is 2.16 bits per heavy atom. The van der Waals surface area contributed by atoms with E-state index in [2.05, 4.69) is 15.3 Å². The van der Waals surface area contributed by atoms with Crippen LogP contribution in [0.4, 0.5) is 5.69 Å². The van der Waals surface area contributed by atoms with Crippen molar-refractivity contribution in [2.45, 2.75) is 23.5 Å². The maximum absolute atomic E-state index is 6.11. The number of pyridine rings is 1. The number of nitrogens with zero attached hydrogens (tertiary/aromatic N) is 5. The molecule has 3 rings (SSSR count). The van der Waals surface area contributed by atoms with Gasteiger partial charge in [0.25, 0.3) is 0 Å². The molecular formula is C12H14N6S. The van der Waals surface area contributed by atoms with Crippen molar-refractivity contribution in [2.75, 3.05) is 5.73 Å². The van der Waals surface area contributed by atoms with Gasteiger partial charge in [0.2, 0.25) is 5.16 Å². The first kappa shape index (κ1) is 12.0. The number of hydrogen-bond acceptors (Lipinski definition) is 5. The lowest BCUT2D eigenvalue weighted by molar-refractivity contribution is 0.686. The molecule has 0 aliphatic heterocycles. The van der Waals surface area contributed by atoms with Crippen LogP contribution in [0.3, 0.4) is 0 Å². The summed E-state index contributed by atoms with van der Waals surface area (Å²) in [5, 5.41) is 14.4. The van der Waals surface area contributed by atoms with Crippen LogP contribution >= 0.6 is 11.8 Å². The van der Waals surface area contributed by atoms with E-state index >= 15 is 0 Å². The predicted molar refractivity (Wildman–Crippen MR) is 74.1 cm³/mol. The van der Waals surface area contributed by atoms with Crippen molar-refractivity contribution in [3.63, 3.8) is 0 Å². The second-order valence-electron chi connectivity index (χ2n) is 4.16. The summed E-state index contributed by atoms with van der Waals surface area (Å²) in [6.07, 6.45) is 2.76. The van der Waals surface area contributed by atoms with Crippen LogP contribution in [0.25, 0.3) is 5.65 Å². The fourth-order valence-corrected chi connectivity index (χ4v) is 2.84. The summed E-state index contributed by atoms with van der Waals surface area (Å²) in [6, 6.07) is 5.80. The van der Waals surface area contributed by atoms with Crippen molar-refractivity contribution in [1.82, 2.24) is 24.4 Å². The standard InChI is InChI=1S/C12H14N6S/c1-3-8-10(13)11(17(2)16-8)19-12-15-14-9-6-4-5-7-18(9)12/h4-7H,3,13H2,1-2H3. The van der Waals surface area contributed by atoms with Crippen LogP contribution in [0.1, 0.15) is 12.6 Å². The first-order valence-electron chi connectivity index (χ1n) is 5.99. The third-order valence-electron chi connectivity index (χ3n) is 2.91. The van der Waals surface area contributed by atoms with Crippen molar-refractivity contribution < 1.29 is 0 Å². The summed E-state index contributed by atoms with van der Waals surface area (Å²) in [7, 11) is 1.89. The van der Waals surface area contributed by atoms with Crippen molar-refractivity contribution >= 4 is 23.1 Å². The molecule has 0 amide bonds. The summed E-state index contributed by atoms with van der Waals surface area (Å²) < 4.78 is 3.73. The van der Waals surface area contributed by atoms with Crippen molar-refractivity contribution in [1.29, 1.82) is 0 Å². The Labute approximate surface area is 114 Å². The van der Waals surface area contributed by atoms with Gasteiger partial charge in [-0.2, -0.15) is 5.10 Å². The van der Waals surface area contributed by atoms with Gasteiger partial charge in [-0.1, -0.05) is 13.0 Å². The molecule has 3 aromatic rings. The van der Waals surface area contributed by atoms with Crippen LogP contribution in [0.15, 0.2) is 34.6 Å². The van der Waals surface area contributed by atoms with E-state index in [0.29, 0.717) is 0 Å². The first-order chi connectivity index (χ1) is 9.20. The number of hydrogen-bond donors (Lipinski definition) is 1. The molecule has 3 heterocycles. The molecule has 0 bridgehead atoms. The number of anilines is 1. The largest absolute Gasteiger partial charge is 0.395 e. The molecule has 7 heteroatoms. The topological polar surface area (TPSA) is 74.0 Å². The molecule has 0 saturated heterocycles. The van der Waals surface area contributed by atoms with Gasteiger partial charge in [-0.15, -0.1) is 10.2 Å². The van der Waals surface area contributed by atoms with E-state index in [1.165, 1.54) is 11.8 Å². The monoisotopic (exact) mass is 274 g/mol. The van der Waals surface area contributed by atoms with Gasteiger partial charge < -0.3 is 5.73 Å². The quantitative estimate of drug-likeness (QED) is 0.787. The summed E-state index contributed by atoms with van der Waals surface area (Å²) in [6.45, 7) is 2.04. The van der Waals surface area contributed by atoms with Crippen LogP contribution in [-0.4, -0.2) is 24.4 Å². The smallest absolute Gasteiger partial charge is 0.201 e. The third-order valence-corrected chi connectivity index (χ3v) is 4.05. The molecule has 0 atom stereocenters. The van der Waals surface area contributed by atoms with Crippen LogP contribution in [0.5, 0.6) is 0 Å². The Balaban J connectivity index is 2.04. The SMILES string of the molecule is CCc1nn(C)c(Sc2nnc3ccccn23)c1N. The molecule has 0 fully saturated rings. The summed E-state index contributed by atoms with van der Waals surface area (Å²) in [4.78, 5) is 0. The highest BCUT2D eigenvalue weighted by atomic mass is 32.2. The van der Waals surface area contributed by atoms with E-state index in [-0.39, 0.29) is 0 Å². The minimum absolute atomic E-state index is 0.725. The summed E-state index contributed by atoms with van der Waals surface area (Å²) >= 11 is 1.48. The molecule has 0 spiro atoms. The summed E-state index contributed by atoms with van der Waals surface area (Å²) in [5.74, 6) is 0. The molecule has 6 nitrogen and oxygen atoms in total. The third kappa shape index (κ3) is 1.95. The highest BCUT2D eigenvalue weighted by Crippen LogP contribution is 2.32. The Hall–Kier alpha value is -2.02. The number of fused-ring (bicyclic) bond motifs is 1. The lowest BCUT2D eigenvalue weighted by Crippen LogP contribution is -1.95. The molecule has 3 aromatic heterocycles. The van der Waals surface area contributed by atoms with E-state index in [9.17, 15) is 0 Å². The highest BCUT2D eigenvalue weighted by molar-refractivity contribution is 7.99. The molecule has 0 saturated carbocycles. The molecule has 2 N–H and O–H groups in total. The minimum Gasteiger partial charge on any atom is -0.395 e. The Morgan fingerprint density at radius 1 is 1.32 bits per heavy atom. The van der Waals surface area contributed by atoms with Gasteiger partial charge >= 0.3 is 0 Å². The van der Waals surface area contributed by atoms with Gasteiger partial charge in [-0.25, -0.2) is 0 Å². The van der Waals surface area contributed by atoms with E-state index < -0.39 is 0 Å². The zero-order chi connectivity index (χ0) is 13.4. The Bertz CT molecular complexity index is 729. The molecule has 0 radical (unpaired) electrons. The molecule has 19 heavy (non-hydrogen) atoms. The lowest BCUT2D eigenvalue weighted by Gasteiger charge is -2.01. The van der Waals surface area contributed by atoms with Crippen molar-refractivity contribution in [3.05, 3.63) is 30.1 Å². The van der Waals surface area contributed by atoms with Gasteiger partial charge in [0.15, 0.2) is 5.65 Å². The van der Waals surface area contributed by atoms with Gasteiger partial charge in [-0.3, -0.25) is 9.08 Å². The van der Waals surface area contributed by atoms with E-state index in [0.717, 1.165) is 33.6 Å². The summed E-state index contributed by atoms with van der Waals surface area (Å²) in [5.41, 5.74) is 8.57. The van der Waals surface area contributed by atoms with Crippen molar-refractivity contribution in [2.24, 2.45) is 7.05 Å². The van der Waals surface area contributed by atoms with E-state index in [1.807, 2.05) is 42.8 Å². The number of nitrogen functional groups attached to an aromatic ring is 1.